The molecule has 0 aliphatic heterocycles. The van der Waals surface area contributed by atoms with Crippen molar-refractivity contribution in [2.75, 3.05) is 0 Å². The minimum atomic E-state index is -4.64. The zero-order valence-electron chi connectivity index (χ0n) is 3.20. The molecule has 38 valence electrons. The Hall–Kier alpha value is 3.11. The summed E-state index contributed by atoms with van der Waals surface area (Å²) in [4.78, 5) is 21.6. The van der Waals surface area contributed by atoms with Gasteiger partial charge in [0.15, 0.2) is 0 Å². The molecule has 0 fully saturated rings. The summed E-state index contributed by atoms with van der Waals surface area (Å²) in [6.45, 7) is 0. The van der Waals surface area contributed by atoms with E-state index in [4.69, 9.17) is 19.2 Å². The Labute approximate surface area is 115 Å². The first-order chi connectivity index (χ1) is 2.00. The van der Waals surface area contributed by atoms with Gasteiger partial charge in [0.05, 0.1) is 0 Å². The van der Waals surface area contributed by atoms with Gasteiger partial charge in [-0.2, -0.15) is 0 Å². The van der Waals surface area contributed by atoms with Crippen LogP contribution < -0.4 is 0 Å². The summed E-state index contributed by atoms with van der Waals surface area (Å²) >= 11 is 0. The van der Waals surface area contributed by atoms with Crippen molar-refractivity contribution < 1.29 is 20.7 Å². The first-order valence-electron chi connectivity index (χ1n) is 0.783. The van der Waals surface area contributed by atoms with Crippen molar-refractivity contribution in [3.63, 3.8) is 0 Å². The molecule has 0 bridgehead atoms. The van der Waals surface area contributed by atoms with E-state index < -0.39 is 7.82 Å². The zero-order chi connectivity index (χ0) is 4.50. The van der Waals surface area contributed by atoms with Crippen LogP contribution in [0.5, 0.6) is 0 Å². The standard InChI is InChI=1S/3Na.H3O4P.3H/c;;;1-5(2,3)4;;;/h;;;(H3,1,2,3,4);;;/p+1. The summed E-state index contributed by atoms with van der Waals surface area (Å²) in [5.41, 5.74) is 0. The van der Waals surface area contributed by atoms with E-state index in [1.165, 1.54) is 0 Å². The molecular weight excluding hydrogens is 164 g/mol. The van der Waals surface area contributed by atoms with E-state index in [0.29, 0.717) is 0 Å². The number of rotatable bonds is 0. The van der Waals surface area contributed by atoms with Crippen LogP contribution >= 0.6 is 7.82 Å². The second-order valence-electron chi connectivity index (χ2n) is 0.513. The fourth-order valence-electron chi connectivity index (χ4n) is 0. The number of phosphoric acid groups is 1. The first kappa shape index (κ1) is 22.5. The van der Waals surface area contributed by atoms with E-state index in [-0.39, 0.29) is 90.1 Å². The van der Waals surface area contributed by atoms with Gasteiger partial charge in [-0.3, -0.25) is 0 Å². The minimum absolute atomic E-state index is 0. The fourth-order valence-corrected chi connectivity index (χ4v) is 0. The number of hydrogen-bond donors (Lipinski definition) is 3. The van der Waals surface area contributed by atoms with Crippen LogP contribution in [0.4, 0.5) is 0 Å². The Morgan fingerprint density at radius 2 is 1.00 bits per heavy atom. The molecule has 0 heterocycles. The summed E-state index contributed by atoms with van der Waals surface area (Å²) in [5.74, 6) is 0. The molecule has 8 heavy (non-hydrogen) atoms. The van der Waals surface area contributed by atoms with E-state index in [0.717, 1.165) is 0 Å². The Balaban J connectivity index is -0.0000000133. The van der Waals surface area contributed by atoms with Crippen LogP contribution in [0.1, 0.15) is 1.43 Å². The van der Waals surface area contributed by atoms with Gasteiger partial charge < -0.3 is 14.7 Å². The van der Waals surface area contributed by atoms with Gasteiger partial charge in [0, 0.05) is 0 Å². The molecule has 0 rings (SSSR count). The van der Waals surface area contributed by atoms with Crippen molar-refractivity contribution >= 4 is 96.5 Å². The molecule has 0 saturated carbocycles. The summed E-state index contributed by atoms with van der Waals surface area (Å²) in [5, 5.41) is 0. The molecule has 0 unspecified atom stereocenters. The van der Waals surface area contributed by atoms with Crippen LogP contribution in [0, 0.1) is 0 Å². The van der Waals surface area contributed by atoms with Gasteiger partial charge in [-0.15, -0.1) is 0 Å². The van der Waals surface area contributed by atoms with Crippen LogP contribution in [0.25, 0.3) is 0 Å². The topological polar surface area (TPSA) is 77.8 Å². The third-order valence-electron chi connectivity index (χ3n) is 0. The summed E-state index contributed by atoms with van der Waals surface area (Å²) in [7, 11) is -4.64. The molecule has 0 aliphatic rings. The van der Waals surface area contributed by atoms with Crippen LogP contribution in [-0.4, -0.2) is 103 Å². The van der Waals surface area contributed by atoms with Crippen LogP contribution in [0.3, 0.4) is 0 Å². The molecular formula is H7Na3O4P+. The maximum absolute atomic E-state index is 8.88. The molecule has 0 spiro atoms. The van der Waals surface area contributed by atoms with Crippen molar-refractivity contribution in [3.05, 3.63) is 0 Å². The third kappa shape index (κ3) is 61.9. The predicted molar refractivity (Wildman–Crippen MR) is 36.8 cm³/mol. The maximum atomic E-state index is 8.88. The van der Waals surface area contributed by atoms with Gasteiger partial charge in [0.1, 0.15) is 0 Å². The third-order valence-corrected chi connectivity index (χ3v) is 0. The average molecular weight is 171 g/mol. The predicted octanol–water partition coefficient (Wildman–Crippen LogP) is -2.76. The molecule has 0 aromatic rings. The number of hydrogen-bond acceptors (Lipinski definition) is 1. The van der Waals surface area contributed by atoms with E-state index in [1.54, 1.807) is 0 Å². The van der Waals surface area contributed by atoms with Crippen molar-refractivity contribution in [1.29, 1.82) is 0 Å². The van der Waals surface area contributed by atoms with Crippen molar-refractivity contribution in [2.24, 2.45) is 0 Å². The molecule has 0 radical (unpaired) electrons. The molecule has 3 N–H and O–H groups in total. The summed E-state index contributed by atoms with van der Waals surface area (Å²) < 4.78 is 8.88. The van der Waals surface area contributed by atoms with Crippen molar-refractivity contribution in [3.8, 4) is 0 Å². The van der Waals surface area contributed by atoms with Crippen LogP contribution in [0.2, 0.25) is 0 Å². The average Bonchev–Trinajstić information content (AvgIpc) is 0.722. The van der Waals surface area contributed by atoms with Crippen LogP contribution in [0.15, 0.2) is 0 Å². The molecule has 0 aromatic heterocycles. The fraction of sp³-hybridized carbons (Fsp3) is 0. The molecule has 0 aliphatic carbocycles. The SMILES string of the molecule is O=P(O)(O)O.[H+].[NaH].[NaH].[NaH]. The van der Waals surface area contributed by atoms with Gasteiger partial charge in [-0.1, -0.05) is 0 Å². The van der Waals surface area contributed by atoms with E-state index in [9.17, 15) is 0 Å². The Kier molecular flexibility index (Phi) is 28.4. The van der Waals surface area contributed by atoms with E-state index in [1.807, 2.05) is 0 Å². The summed E-state index contributed by atoms with van der Waals surface area (Å²) in [6, 6.07) is 0. The normalized spacial score (nSPS) is 7.38. The monoisotopic (exact) mass is 171 g/mol. The first-order valence-corrected chi connectivity index (χ1v) is 2.35. The Bertz CT molecular complexity index is 61.9. The quantitative estimate of drug-likeness (QED) is 0.272. The van der Waals surface area contributed by atoms with Gasteiger partial charge in [-0.05, 0) is 0 Å². The Morgan fingerprint density at radius 1 is 1.00 bits per heavy atom. The molecule has 0 saturated heterocycles. The van der Waals surface area contributed by atoms with Gasteiger partial charge in [-0.25, -0.2) is 4.57 Å². The van der Waals surface area contributed by atoms with E-state index in [2.05, 4.69) is 0 Å². The zero-order valence-corrected chi connectivity index (χ0v) is 3.09. The van der Waals surface area contributed by atoms with Gasteiger partial charge in [0.25, 0.3) is 0 Å². The van der Waals surface area contributed by atoms with Crippen molar-refractivity contribution in [1.82, 2.24) is 0 Å². The molecule has 4 nitrogen and oxygen atoms in total. The van der Waals surface area contributed by atoms with Gasteiger partial charge in [0.2, 0.25) is 0 Å². The van der Waals surface area contributed by atoms with Gasteiger partial charge >= 0.3 is 97.9 Å². The molecule has 0 atom stereocenters. The molecule has 0 aromatic carbocycles. The van der Waals surface area contributed by atoms with Crippen molar-refractivity contribution in [2.45, 2.75) is 0 Å². The second kappa shape index (κ2) is 10.1. The second-order valence-corrected chi connectivity index (χ2v) is 1.54. The van der Waals surface area contributed by atoms with Crippen LogP contribution in [-0.2, 0) is 4.57 Å². The molecule has 8 heteroatoms. The Morgan fingerprint density at radius 3 is 1.00 bits per heavy atom. The molecule has 0 amide bonds. The van der Waals surface area contributed by atoms with E-state index >= 15 is 0 Å². The summed E-state index contributed by atoms with van der Waals surface area (Å²) in [6.07, 6.45) is 0.